The van der Waals surface area contributed by atoms with Gasteiger partial charge in [0.2, 0.25) is 0 Å². The van der Waals surface area contributed by atoms with Crippen molar-refractivity contribution in [1.29, 1.82) is 0 Å². The molecule has 0 unspecified atom stereocenters. The standard InChI is InChI=1S/C11H15NO4.ClH/c1-15-10-4-3-7(5-9(10)13)8(12)6-11(14)16-2;/h3-5,8,13H,6,12H2,1-2H3;1H/t8-;/m0./s1. The lowest BCUT2D eigenvalue weighted by molar-refractivity contribution is -0.141. The Morgan fingerprint density at radius 2 is 2.12 bits per heavy atom. The van der Waals surface area contributed by atoms with Crippen molar-refractivity contribution in [3.05, 3.63) is 23.8 Å². The van der Waals surface area contributed by atoms with E-state index in [1.54, 1.807) is 12.1 Å². The molecule has 0 heterocycles. The van der Waals surface area contributed by atoms with Crippen molar-refractivity contribution in [3.63, 3.8) is 0 Å². The Hall–Kier alpha value is -1.46. The molecule has 0 bridgehead atoms. The largest absolute Gasteiger partial charge is 0.504 e. The van der Waals surface area contributed by atoms with Gasteiger partial charge in [-0.15, -0.1) is 12.4 Å². The summed E-state index contributed by atoms with van der Waals surface area (Å²) in [6, 6.07) is 4.28. The summed E-state index contributed by atoms with van der Waals surface area (Å²) in [4.78, 5) is 11.0. The normalized spacial score (nSPS) is 11.2. The lowest BCUT2D eigenvalue weighted by atomic mass is 10.0. The summed E-state index contributed by atoms with van der Waals surface area (Å²) in [6.45, 7) is 0. The van der Waals surface area contributed by atoms with E-state index < -0.39 is 6.04 Å². The average molecular weight is 262 g/mol. The first-order valence-corrected chi connectivity index (χ1v) is 4.77. The number of hydrogen-bond acceptors (Lipinski definition) is 5. The number of halogens is 1. The van der Waals surface area contributed by atoms with Crippen LogP contribution in [0.15, 0.2) is 18.2 Å². The van der Waals surface area contributed by atoms with Crippen molar-refractivity contribution < 1.29 is 19.4 Å². The molecule has 96 valence electrons. The van der Waals surface area contributed by atoms with Gasteiger partial charge in [0.15, 0.2) is 11.5 Å². The number of rotatable bonds is 4. The van der Waals surface area contributed by atoms with E-state index in [0.29, 0.717) is 11.3 Å². The highest BCUT2D eigenvalue weighted by Gasteiger charge is 2.13. The van der Waals surface area contributed by atoms with Crippen LogP contribution < -0.4 is 10.5 Å². The third kappa shape index (κ3) is 4.13. The summed E-state index contributed by atoms with van der Waals surface area (Å²) in [6.07, 6.45) is 0.0717. The molecule has 5 nitrogen and oxygen atoms in total. The first kappa shape index (κ1) is 15.5. The minimum atomic E-state index is -0.496. The van der Waals surface area contributed by atoms with E-state index in [4.69, 9.17) is 10.5 Å². The van der Waals surface area contributed by atoms with Gasteiger partial charge in [-0.3, -0.25) is 4.79 Å². The molecule has 0 aromatic heterocycles. The van der Waals surface area contributed by atoms with Crippen LogP contribution in [0.2, 0.25) is 0 Å². The molecule has 17 heavy (non-hydrogen) atoms. The number of carbonyl (C=O) groups excluding carboxylic acids is 1. The van der Waals surface area contributed by atoms with E-state index >= 15 is 0 Å². The van der Waals surface area contributed by atoms with Gasteiger partial charge in [0.1, 0.15) is 0 Å². The van der Waals surface area contributed by atoms with E-state index in [1.807, 2.05) is 0 Å². The monoisotopic (exact) mass is 261 g/mol. The van der Waals surface area contributed by atoms with Crippen LogP contribution in [-0.2, 0) is 9.53 Å². The first-order chi connectivity index (χ1) is 7.58. The minimum Gasteiger partial charge on any atom is -0.504 e. The molecule has 1 atom stereocenters. The maximum Gasteiger partial charge on any atom is 0.307 e. The predicted molar refractivity (Wildman–Crippen MR) is 65.5 cm³/mol. The predicted octanol–water partition coefficient (Wildman–Crippen LogP) is 1.39. The summed E-state index contributed by atoms with van der Waals surface area (Å²) in [5, 5.41) is 9.53. The summed E-state index contributed by atoms with van der Waals surface area (Å²) in [5.41, 5.74) is 6.44. The summed E-state index contributed by atoms with van der Waals surface area (Å²) < 4.78 is 9.41. The molecule has 1 rings (SSSR count). The number of phenols is 1. The summed E-state index contributed by atoms with van der Waals surface area (Å²) >= 11 is 0. The molecule has 0 radical (unpaired) electrons. The third-order valence-corrected chi connectivity index (χ3v) is 2.25. The zero-order chi connectivity index (χ0) is 12.1. The van der Waals surface area contributed by atoms with Crippen molar-refractivity contribution in [2.45, 2.75) is 12.5 Å². The molecule has 0 saturated heterocycles. The topological polar surface area (TPSA) is 81.8 Å². The number of ether oxygens (including phenoxy) is 2. The molecule has 1 aromatic carbocycles. The van der Waals surface area contributed by atoms with Crippen LogP contribution in [0, 0.1) is 0 Å². The zero-order valence-corrected chi connectivity index (χ0v) is 10.5. The van der Waals surface area contributed by atoms with E-state index in [1.165, 1.54) is 20.3 Å². The number of esters is 1. The lowest BCUT2D eigenvalue weighted by Gasteiger charge is -2.12. The molecule has 0 spiro atoms. The van der Waals surface area contributed by atoms with Crippen LogP contribution in [0.3, 0.4) is 0 Å². The highest BCUT2D eigenvalue weighted by molar-refractivity contribution is 5.85. The quantitative estimate of drug-likeness (QED) is 0.801. The van der Waals surface area contributed by atoms with Gasteiger partial charge in [-0.1, -0.05) is 6.07 Å². The maximum absolute atomic E-state index is 11.0. The van der Waals surface area contributed by atoms with Gasteiger partial charge in [-0.05, 0) is 17.7 Å². The van der Waals surface area contributed by atoms with Crippen molar-refractivity contribution in [2.75, 3.05) is 14.2 Å². The first-order valence-electron chi connectivity index (χ1n) is 4.77. The van der Waals surface area contributed by atoms with Crippen LogP contribution in [0.1, 0.15) is 18.0 Å². The van der Waals surface area contributed by atoms with Gasteiger partial charge in [-0.25, -0.2) is 0 Å². The number of hydrogen-bond donors (Lipinski definition) is 2. The highest BCUT2D eigenvalue weighted by Crippen LogP contribution is 2.29. The number of phenolic OH excluding ortho intramolecular Hbond substituents is 1. The van der Waals surface area contributed by atoms with Gasteiger partial charge in [0.05, 0.1) is 20.6 Å². The molecular weight excluding hydrogens is 246 g/mol. The third-order valence-electron chi connectivity index (χ3n) is 2.25. The van der Waals surface area contributed by atoms with Crippen molar-refractivity contribution in [1.82, 2.24) is 0 Å². The Bertz CT molecular complexity index is 384. The fourth-order valence-corrected chi connectivity index (χ4v) is 1.32. The van der Waals surface area contributed by atoms with Crippen molar-refractivity contribution in [3.8, 4) is 11.5 Å². The summed E-state index contributed by atoms with van der Waals surface area (Å²) in [5.74, 6) is -0.0165. The van der Waals surface area contributed by atoms with Crippen LogP contribution in [-0.4, -0.2) is 25.3 Å². The molecule has 0 saturated carbocycles. The van der Waals surface area contributed by atoms with Crippen molar-refractivity contribution in [2.24, 2.45) is 5.73 Å². The highest BCUT2D eigenvalue weighted by atomic mass is 35.5. The SMILES string of the molecule is COC(=O)C[C@H](N)c1ccc(OC)c(O)c1.Cl. The Kier molecular flexibility index (Phi) is 6.38. The van der Waals surface area contributed by atoms with Crippen LogP contribution in [0.4, 0.5) is 0 Å². The average Bonchev–Trinajstić information content (AvgIpc) is 2.28. The van der Waals surface area contributed by atoms with Crippen molar-refractivity contribution >= 4 is 18.4 Å². The van der Waals surface area contributed by atoms with E-state index in [-0.39, 0.29) is 30.5 Å². The number of carbonyl (C=O) groups is 1. The minimum absolute atomic E-state index is 0. The molecule has 3 N–H and O–H groups in total. The summed E-state index contributed by atoms with van der Waals surface area (Å²) in [7, 11) is 2.77. The van der Waals surface area contributed by atoms with Gasteiger partial charge in [0, 0.05) is 6.04 Å². The van der Waals surface area contributed by atoms with E-state index in [0.717, 1.165) is 0 Å². The number of benzene rings is 1. The zero-order valence-electron chi connectivity index (χ0n) is 9.67. The van der Waals surface area contributed by atoms with Gasteiger partial charge in [0.25, 0.3) is 0 Å². The Morgan fingerprint density at radius 3 is 2.59 bits per heavy atom. The Morgan fingerprint density at radius 1 is 1.47 bits per heavy atom. The van der Waals surface area contributed by atoms with Gasteiger partial charge in [-0.2, -0.15) is 0 Å². The fourth-order valence-electron chi connectivity index (χ4n) is 1.32. The fraction of sp³-hybridized carbons (Fsp3) is 0.364. The molecule has 6 heteroatoms. The number of nitrogens with two attached hydrogens (primary N) is 1. The van der Waals surface area contributed by atoms with Gasteiger partial charge >= 0.3 is 5.97 Å². The van der Waals surface area contributed by atoms with Gasteiger partial charge < -0.3 is 20.3 Å². The Balaban J connectivity index is 0.00000256. The molecular formula is C11H16ClNO4. The molecule has 0 aliphatic rings. The smallest absolute Gasteiger partial charge is 0.307 e. The molecule has 0 fully saturated rings. The molecule has 1 aromatic rings. The maximum atomic E-state index is 11.0. The van der Waals surface area contributed by atoms with E-state index in [9.17, 15) is 9.90 Å². The second-order valence-corrected chi connectivity index (χ2v) is 3.32. The molecule has 0 aliphatic carbocycles. The molecule has 0 aliphatic heterocycles. The van der Waals surface area contributed by atoms with Crippen LogP contribution in [0.5, 0.6) is 11.5 Å². The second-order valence-electron chi connectivity index (χ2n) is 3.32. The number of methoxy groups -OCH3 is 2. The number of aromatic hydroxyl groups is 1. The Labute approximate surface area is 106 Å². The second kappa shape index (κ2) is 6.98. The molecule has 0 amide bonds. The lowest BCUT2D eigenvalue weighted by Crippen LogP contribution is -2.16. The van der Waals surface area contributed by atoms with E-state index in [2.05, 4.69) is 4.74 Å². The van der Waals surface area contributed by atoms with Crippen LogP contribution >= 0.6 is 12.4 Å². The van der Waals surface area contributed by atoms with Crippen LogP contribution in [0.25, 0.3) is 0 Å².